The van der Waals surface area contributed by atoms with Crippen LogP contribution in [-0.4, -0.2) is 25.5 Å². The third-order valence-corrected chi connectivity index (χ3v) is 6.49. The molecule has 3 N–H and O–H groups in total. The van der Waals surface area contributed by atoms with E-state index in [1.807, 2.05) is 25.1 Å². The van der Waals surface area contributed by atoms with Crippen molar-refractivity contribution in [2.24, 2.45) is 0 Å². The van der Waals surface area contributed by atoms with Crippen LogP contribution in [0.3, 0.4) is 0 Å². The molecule has 8 heteroatoms. The van der Waals surface area contributed by atoms with Gasteiger partial charge in [0, 0.05) is 12.0 Å². The average molecular weight is 494 g/mol. The van der Waals surface area contributed by atoms with Crippen molar-refractivity contribution >= 4 is 33.8 Å². The van der Waals surface area contributed by atoms with E-state index in [1.165, 1.54) is 35.1 Å². The summed E-state index contributed by atoms with van der Waals surface area (Å²) in [4.78, 5) is 21.2. The van der Waals surface area contributed by atoms with E-state index in [0.29, 0.717) is 28.0 Å². The Hall–Kier alpha value is -4.85. The fourth-order valence-electron chi connectivity index (χ4n) is 4.76. The molecule has 0 saturated carbocycles. The number of nitrogens with two attached hydrogens (primary N) is 1. The minimum absolute atomic E-state index is 0.202. The van der Waals surface area contributed by atoms with Crippen LogP contribution in [0.5, 0.6) is 0 Å². The van der Waals surface area contributed by atoms with Gasteiger partial charge in [0.1, 0.15) is 23.3 Å². The molecule has 6 nitrogen and oxygen atoms in total. The number of fused-ring (bicyclic) bond motifs is 1. The van der Waals surface area contributed by atoms with Crippen LogP contribution in [0.2, 0.25) is 0 Å². The summed E-state index contributed by atoms with van der Waals surface area (Å²) in [6.45, 7) is 1.87. The van der Waals surface area contributed by atoms with E-state index in [-0.39, 0.29) is 23.6 Å². The van der Waals surface area contributed by atoms with Crippen molar-refractivity contribution in [2.75, 3.05) is 5.73 Å². The minimum Gasteiger partial charge on any atom is -0.383 e. The van der Waals surface area contributed by atoms with Crippen LogP contribution in [-0.2, 0) is 0 Å². The van der Waals surface area contributed by atoms with Gasteiger partial charge < -0.3 is 10.7 Å². The number of hydrogen-bond donors (Lipinski definition) is 2. The molecule has 0 saturated heterocycles. The molecule has 5 aromatic rings. The number of nitrogen functional groups attached to an aromatic ring is 1. The Morgan fingerprint density at radius 2 is 1.73 bits per heavy atom. The van der Waals surface area contributed by atoms with Crippen molar-refractivity contribution in [3.8, 4) is 5.69 Å². The van der Waals surface area contributed by atoms with Gasteiger partial charge in [-0.25, -0.2) is 18.4 Å². The molecule has 0 radical (unpaired) electrons. The number of aromatic nitrogens is 4. The Bertz CT molecular complexity index is 1780. The monoisotopic (exact) mass is 493 g/mol. The van der Waals surface area contributed by atoms with Crippen LogP contribution in [0.1, 0.15) is 33.7 Å². The number of nitrogens with zero attached hydrogens (tertiary/aromatic N) is 3. The van der Waals surface area contributed by atoms with Gasteiger partial charge in [0.25, 0.3) is 0 Å². The van der Waals surface area contributed by atoms with Crippen LogP contribution in [0.4, 0.5) is 14.6 Å². The quantitative estimate of drug-likeness (QED) is 0.292. The minimum atomic E-state index is -0.397. The van der Waals surface area contributed by atoms with Gasteiger partial charge in [-0.3, -0.25) is 4.79 Å². The summed E-state index contributed by atoms with van der Waals surface area (Å²) in [6.07, 6.45) is 3.43. The first kappa shape index (κ1) is 22.6. The van der Waals surface area contributed by atoms with Crippen LogP contribution in [0, 0.1) is 18.6 Å². The summed E-state index contributed by atoms with van der Waals surface area (Å²) in [6, 6.07) is 17.8. The maximum absolute atomic E-state index is 14.1. The number of aryl methyl sites for hydroxylation is 1. The zero-order valence-electron chi connectivity index (χ0n) is 19.8. The van der Waals surface area contributed by atoms with Gasteiger partial charge in [0.15, 0.2) is 5.78 Å². The van der Waals surface area contributed by atoms with Crippen molar-refractivity contribution in [1.82, 2.24) is 19.7 Å². The van der Waals surface area contributed by atoms with Crippen molar-refractivity contribution in [1.29, 1.82) is 0 Å². The van der Waals surface area contributed by atoms with Crippen molar-refractivity contribution in [3.63, 3.8) is 0 Å². The van der Waals surface area contributed by atoms with E-state index in [4.69, 9.17) is 5.73 Å². The second-order valence-electron chi connectivity index (χ2n) is 8.97. The number of aromatic amines is 1. The topological polar surface area (TPSA) is 89.6 Å². The summed E-state index contributed by atoms with van der Waals surface area (Å²) in [5.41, 5.74) is 12.1. The number of Topliss-reactive ketones (excluding diaryl/α,β-unsaturated/α-hetero) is 1. The summed E-state index contributed by atoms with van der Waals surface area (Å²) >= 11 is 0. The lowest BCUT2D eigenvalue weighted by Gasteiger charge is -2.09. The first-order chi connectivity index (χ1) is 17.9. The Labute approximate surface area is 210 Å². The number of nitrogens with one attached hydrogen (secondary N) is 1. The normalized spacial score (nSPS) is 13.4. The fourth-order valence-corrected chi connectivity index (χ4v) is 4.76. The number of carbonyl (C=O) groups excluding carboxylic acids is 1. The van der Waals surface area contributed by atoms with Crippen molar-refractivity contribution in [3.05, 3.63) is 119 Å². The maximum Gasteiger partial charge on any atom is 0.194 e. The summed E-state index contributed by atoms with van der Waals surface area (Å²) in [5, 5.41) is 4.37. The molecule has 0 spiro atoms. The van der Waals surface area contributed by atoms with Crippen molar-refractivity contribution < 1.29 is 13.6 Å². The van der Waals surface area contributed by atoms with Gasteiger partial charge in [-0.2, -0.15) is 5.10 Å². The number of halogens is 2. The zero-order valence-corrected chi connectivity index (χ0v) is 19.8. The molecule has 37 heavy (non-hydrogen) atoms. The number of H-pyrrole nitrogens is 1. The largest absolute Gasteiger partial charge is 0.383 e. The smallest absolute Gasteiger partial charge is 0.194 e. The van der Waals surface area contributed by atoms with Crippen LogP contribution in [0.25, 0.3) is 27.9 Å². The van der Waals surface area contributed by atoms with E-state index >= 15 is 0 Å². The molecule has 0 amide bonds. The third-order valence-electron chi connectivity index (χ3n) is 6.49. The number of allylic oxidation sites excluding steroid dienone is 4. The highest BCUT2D eigenvalue weighted by atomic mass is 19.1. The van der Waals surface area contributed by atoms with Crippen LogP contribution < -0.4 is 5.73 Å². The molecular formula is C29H21F2N5O. The van der Waals surface area contributed by atoms with Crippen LogP contribution >= 0.6 is 0 Å². The molecule has 0 fully saturated rings. The second kappa shape index (κ2) is 8.67. The van der Waals surface area contributed by atoms with Gasteiger partial charge in [-0.1, -0.05) is 24.3 Å². The predicted octanol–water partition coefficient (Wildman–Crippen LogP) is 6.04. The van der Waals surface area contributed by atoms with Crippen LogP contribution in [0.15, 0.2) is 84.6 Å². The lowest BCUT2D eigenvalue weighted by molar-refractivity contribution is 0.103. The second-order valence-corrected chi connectivity index (χ2v) is 8.97. The number of rotatable bonds is 5. The molecule has 6 rings (SSSR count). The first-order valence-electron chi connectivity index (χ1n) is 11.7. The van der Waals surface area contributed by atoms with E-state index in [2.05, 4.69) is 15.1 Å². The lowest BCUT2D eigenvalue weighted by Crippen LogP contribution is -2.08. The van der Waals surface area contributed by atoms with Gasteiger partial charge >= 0.3 is 0 Å². The molecule has 1 aliphatic rings. The Morgan fingerprint density at radius 3 is 2.49 bits per heavy atom. The number of benzene rings is 3. The van der Waals surface area contributed by atoms with Crippen molar-refractivity contribution in [2.45, 2.75) is 13.3 Å². The molecule has 2 heterocycles. The fraction of sp³-hybridized carbons (Fsp3) is 0.0690. The SMILES string of the molecule is Cc1nc2ccc(-n3ncc(C(=O)C4=CC(c5cccc(F)c5)=C(c5cccc(F)c5)C4)c3N)cc2[nH]1. The number of hydrogen-bond acceptors (Lipinski definition) is 4. The molecule has 182 valence electrons. The molecule has 1 aliphatic carbocycles. The van der Waals surface area contributed by atoms with E-state index in [9.17, 15) is 13.6 Å². The third kappa shape index (κ3) is 4.02. The highest BCUT2D eigenvalue weighted by Gasteiger charge is 2.27. The molecule has 0 atom stereocenters. The van der Waals surface area contributed by atoms with Gasteiger partial charge in [-0.15, -0.1) is 0 Å². The molecular weight excluding hydrogens is 472 g/mol. The maximum atomic E-state index is 14.1. The summed E-state index contributed by atoms with van der Waals surface area (Å²) < 4.78 is 29.6. The highest BCUT2D eigenvalue weighted by Crippen LogP contribution is 2.40. The molecule has 3 aromatic carbocycles. The molecule has 0 bridgehead atoms. The molecule has 0 aliphatic heterocycles. The predicted molar refractivity (Wildman–Crippen MR) is 139 cm³/mol. The number of imidazole rings is 1. The van der Waals surface area contributed by atoms with Gasteiger partial charge in [0.2, 0.25) is 0 Å². The standard InChI is InChI=1S/C29H21F2N5O/c1-16-34-26-9-8-22(14-27(26)35-16)36-29(32)25(15-33-36)28(37)19-12-23(17-4-2-6-20(30)10-17)24(13-19)18-5-3-7-21(31)11-18/h2-12,14-15H,13,32H2,1H3,(H,34,35). The van der Waals surface area contributed by atoms with Gasteiger partial charge in [-0.05, 0) is 77.7 Å². The summed E-state index contributed by atoms with van der Waals surface area (Å²) in [5.74, 6) is -0.0825. The van der Waals surface area contributed by atoms with E-state index in [1.54, 1.807) is 30.3 Å². The number of carbonyl (C=O) groups is 1. The Morgan fingerprint density at radius 1 is 1.00 bits per heavy atom. The average Bonchev–Trinajstić information content (AvgIpc) is 3.59. The van der Waals surface area contributed by atoms with E-state index < -0.39 is 11.6 Å². The zero-order chi connectivity index (χ0) is 25.7. The molecule has 2 aromatic heterocycles. The van der Waals surface area contributed by atoms with Gasteiger partial charge in [0.05, 0.1) is 28.5 Å². The highest BCUT2D eigenvalue weighted by molar-refractivity contribution is 6.17. The lowest BCUT2D eigenvalue weighted by atomic mass is 9.95. The number of anilines is 1. The summed E-state index contributed by atoms with van der Waals surface area (Å²) in [7, 11) is 0. The Balaban J connectivity index is 1.38. The Kier molecular flexibility index (Phi) is 5.30. The number of ketones is 1. The first-order valence-corrected chi connectivity index (χ1v) is 11.7. The van der Waals surface area contributed by atoms with E-state index in [0.717, 1.165) is 22.4 Å². The molecule has 0 unspecified atom stereocenters.